The zero-order chi connectivity index (χ0) is 13.2. The Bertz CT molecular complexity index is 286. The molecule has 18 heavy (non-hydrogen) atoms. The van der Waals surface area contributed by atoms with E-state index in [0.717, 1.165) is 12.8 Å². The number of nitrogens with zero attached hydrogens (tertiary/aromatic N) is 1. The zero-order valence-electron chi connectivity index (χ0n) is 11.7. The molecule has 1 saturated heterocycles. The minimum Gasteiger partial charge on any atom is -0.330 e. The lowest BCUT2D eigenvalue weighted by atomic mass is 9.66. The molecule has 0 aromatic rings. The highest BCUT2D eigenvalue weighted by Gasteiger charge is 2.38. The molecule has 1 saturated carbocycles. The normalized spacial score (nSPS) is 31.7. The number of nitrogens with two attached hydrogens (primary N) is 1. The Balaban J connectivity index is 1.86. The molecular weight excluding hydrogens is 226 g/mol. The quantitative estimate of drug-likeness (QED) is 0.803. The molecule has 4 nitrogen and oxygen atoms in total. The van der Waals surface area contributed by atoms with Crippen molar-refractivity contribution in [2.45, 2.75) is 70.9 Å². The maximum absolute atomic E-state index is 12.2. The number of nitrogens with one attached hydrogen (secondary N) is 1. The van der Waals surface area contributed by atoms with Crippen LogP contribution in [0.25, 0.3) is 0 Å². The molecule has 0 radical (unpaired) electrons. The van der Waals surface area contributed by atoms with Gasteiger partial charge in [-0.15, -0.1) is 0 Å². The summed E-state index contributed by atoms with van der Waals surface area (Å²) in [6, 6.07) is 0.904. The van der Waals surface area contributed by atoms with Crippen molar-refractivity contribution < 1.29 is 4.79 Å². The predicted molar refractivity (Wildman–Crippen MR) is 72.7 cm³/mol. The summed E-state index contributed by atoms with van der Waals surface area (Å²) >= 11 is 0. The molecule has 104 valence electrons. The van der Waals surface area contributed by atoms with E-state index >= 15 is 0 Å². The second-order valence-electron chi connectivity index (χ2n) is 6.31. The molecular formula is C14H27N3O. The van der Waals surface area contributed by atoms with Gasteiger partial charge in [-0.1, -0.05) is 12.8 Å². The third-order valence-corrected chi connectivity index (χ3v) is 4.83. The Labute approximate surface area is 110 Å². The monoisotopic (exact) mass is 253 g/mol. The molecule has 0 bridgehead atoms. The lowest BCUT2D eigenvalue weighted by Gasteiger charge is -2.43. The fraction of sp³-hybridized carbons (Fsp3) is 0.929. The van der Waals surface area contributed by atoms with Crippen molar-refractivity contribution in [2.24, 2.45) is 11.1 Å². The zero-order valence-corrected chi connectivity index (χ0v) is 11.7. The number of hydrazine groups is 1. The smallest absolute Gasteiger partial charge is 0.234 e. The number of hydrogen-bond acceptors (Lipinski definition) is 3. The van der Waals surface area contributed by atoms with E-state index in [4.69, 9.17) is 5.73 Å². The molecule has 4 heteroatoms. The molecule has 1 aliphatic heterocycles. The Morgan fingerprint density at radius 2 is 1.89 bits per heavy atom. The molecule has 0 aromatic heterocycles. The number of amides is 1. The van der Waals surface area contributed by atoms with Crippen LogP contribution in [0.2, 0.25) is 0 Å². The predicted octanol–water partition coefficient (Wildman–Crippen LogP) is 1.80. The Hall–Kier alpha value is -0.610. The summed E-state index contributed by atoms with van der Waals surface area (Å²) in [5, 5.41) is 2.15. The third kappa shape index (κ3) is 2.86. The van der Waals surface area contributed by atoms with E-state index in [0.29, 0.717) is 25.0 Å². The maximum atomic E-state index is 12.2. The van der Waals surface area contributed by atoms with Gasteiger partial charge < -0.3 is 5.73 Å². The van der Waals surface area contributed by atoms with Crippen molar-refractivity contribution in [1.82, 2.24) is 10.4 Å². The summed E-state index contributed by atoms with van der Waals surface area (Å²) in [6.45, 7) is 5.03. The van der Waals surface area contributed by atoms with Gasteiger partial charge in [0.05, 0.1) is 0 Å². The largest absolute Gasteiger partial charge is 0.330 e. The van der Waals surface area contributed by atoms with Crippen LogP contribution in [-0.2, 0) is 4.79 Å². The van der Waals surface area contributed by atoms with Crippen molar-refractivity contribution in [1.29, 1.82) is 0 Å². The summed E-state index contributed by atoms with van der Waals surface area (Å²) in [4.78, 5) is 12.2. The fourth-order valence-electron chi connectivity index (χ4n) is 3.30. The Morgan fingerprint density at radius 1 is 1.28 bits per heavy atom. The molecule has 2 atom stereocenters. The molecule has 2 fully saturated rings. The van der Waals surface area contributed by atoms with E-state index < -0.39 is 0 Å². The van der Waals surface area contributed by atoms with E-state index in [9.17, 15) is 4.79 Å². The SMILES string of the molecule is CC1CCCC(C)N1NC(=O)CC1(CN)CCC1. The van der Waals surface area contributed by atoms with E-state index in [1.54, 1.807) is 0 Å². The van der Waals surface area contributed by atoms with Crippen LogP contribution in [0.1, 0.15) is 58.8 Å². The van der Waals surface area contributed by atoms with Gasteiger partial charge in [-0.2, -0.15) is 0 Å². The van der Waals surface area contributed by atoms with Gasteiger partial charge in [0.15, 0.2) is 0 Å². The number of carbonyl (C=O) groups excluding carboxylic acids is 1. The van der Waals surface area contributed by atoms with Crippen LogP contribution in [0, 0.1) is 5.41 Å². The van der Waals surface area contributed by atoms with Crippen molar-refractivity contribution in [2.75, 3.05) is 6.54 Å². The molecule has 1 aliphatic carbocycles. The highest BCUT2D eigenvalue weighted by atomic mass is 16.2. The van der Waals surface area contributed by atoms with Gasteiger partial charge in [0.1, 0.15) is 0 Å². The first-order chi connectivity index (χ1) is 8.56. The van der Waals surface area contributed by atoms with Gasteiger partial charge in [-0.3, -0.25) is 10.2 Å². The molecule has 2 unspecified atom stereocenters. The van der Waals surface area contributed by atoms with E-state index in [1.807, 2.05) is 0 Å². The molecule has 3 N–H and O–H groups in total. The minimum absolute atomic E-state index is 0.104. The molecule has 0 aromatic carbocycles. The average molecular weight is 253 g/mol. The van der Waals surface area contributed by atoms with Crippen LogP contribution in [0.15, 0.2) is 0 Å². The van der Waals surface area contributed by atoms with Gasteiger partial charge in [-0.05, 0) is 51.5 Å². The maximum Gasteiger partial charge on any atom is 0.234 e. The highest BCUT2D eigenvalue weighted by molar-refractivity contribution is 5.76. The van der Waals surface area contributed by atoms with Crippen molar-refractivity contribution in [3.63, 3.8) is 0 Å². The van der Waals surface area contributed by atoms with Crippen LogP contribution in [0.5, 0.6) is 0 Å². The lowest BCUT2D eigenvalue weighted by Crippen LogP contribution is -2.55. The van der Waals surface area contributed by atoms with Gasteiger partial charge >= 0.3 is 0 Å². The Morgan fingerprint density at radius 3 is 2.33 bits per heavy atom. The number of piperidine rings is 1. The van der Waals surface area contributed by atoms with Crippen molar-refractivity contribution in [3.8, 4) is 0 Å². The third-order valence-electron chi connectivity index (χ3n) is 4.83. The van der Waals surface area contributed by atoms with Crippen LogP contribution in [0.3, 0.4) is 0 Å². The first-order valence-electron chi connectivity index (χ1n) is 7.34. The first kappa shape index (κ1) is 13.8. The van der Waals surface area contributed by atoms with Gasteiger partial charge in [0.25, 0.3) is 0 Å². The molecule has 2 aliphatic rings. The summed E-state index contributed by atoms with van der Waals surface area (Å²) in [5.41, 5.74) is 9.03. The number of hydrogen-bond donors (Lipinski definition) is 2. The topological polar surface area (TPSA) is 58.4 Å². The summed E-state index contributed by atoms with van der Waals surface area (Å²) in [5.74, 6) is 0.153. The van der Waals surface area contributed by atoms with Gasteiger partial charge in [0, 0.05) is 18.5 Å². The Kier molecular flexibility index (Phi) is 4.28. The molecule has 1 amide bonds. The van der Waals surface area contributed by atoms with Crippen LogP contribution in [-0.4, -0.2) is 29.5 Å². The van der Waals surface area contributed by atoms with Crippen LogP contribution < -0.4 is 11.2 Å². The number of carbonyl (C=O) groups is 1. The molecule has 2 rings (SSSR count). The summed E-state index contributed by atoms with van der Waals surface area (Å²) in [7, 11) is 0. The van der Waals surface area contributed by atoms with Crippen molar-refractivity contribution >= 4 is 5.91 Å². The standard InChI is InChI=1S/C14H27N3O/c1-11-5-3-6-12(2)17(11)16-13(18)9-14(10-15)7-4-8-14/h11-12H,3-10,15H2,1-2H3,(H,16,18). The van der Waals surface area contributed by atoms with E-state index in [2.05, 4.69) is 24.3 Å². The second kappa shape index (κ2) is 5.57. The lowest BCUT2D eigenvalue weighted by molar-refractivity contribution is -0.133. The summed E-state index contributed by atoms with van der Waals surface area (Å²) in [6.07, 6.45) is 7.66. The average Bonchev–Trinajstić information content (AvgIpc) is 2.29. The van der Waals surface area contributed by atoms with E-state index in [1.165, 1.54) is 25.7 Å². The number of rotatable bonds is 4. The molecule has 1 heterocycles. The minimum atomic E-state index is 0.104. The van der Waals surface area contributed by atoms with Crippen molar-refractivity contribution in [3.05, 3.63) is 0 Å². The van der Waals surface area contributed by atoms with Gasteiger partial charge in [0.2, 0.25) is 5.91 Å². The fourth-order valence-corrected chi connectivity index (χ4v) is 3.30. The van der Waals surface area contributed by atoms with Gasteiger partial charge in [-0.25, -0.2) is 5.01 Å². The first-order valence-corrected chi connectivity index (χ1v) is 7.34. The second-order valence-corrected chi connectivity index (χ2v) is 6.31. The molecule has 0 spiro atoms. The summed E-state index contributed by atoms with van der Waals surface area (Å²) < 4.78 is 0. The van der Waals surface area contributed by atoms with Crippen LogP contribution >= 0.6 is 0 Å². The van der Waals surface area contributed by atoms with Crippen LogP contribution in [0.4, 0.5) is 0 Å². The van der Waals surface area contributed by atoms with E-state index in [-0.39, 0.29) is 11.3 Å². The highest BCUT2D eigenvalue weighted by Crippen LogP contribution is 2.42.